The standard InChI is InChI=1S/C28H37BrN3OP/c1-28(2)23-13-7-10-16-26(23)31(3)27(28)21-34(22-11-5-4-6-12-22,32-17-19-33-20-18-32)30-25-15-9-8-14-24(25)29/h7-10,13-16,21-22H,4-6,11-12,17-20H2,1-3H3/b27-21+. The third-order valence-electron chi connectivity index (χ3n) is 7.93. The van der Waals surface area contributed by atoms with Crippen molar-refractivity contribution in [3.8, 4) is 0 Å². The summed E-state index contributed by atoms with van der Waals surface area (Å²) in [7, 11) is 0.197. The predicted molar refractivity (Wildman–Crippen MR) is 148 cm³/mol. The molecule has 2 aromatic carbocycles. The molecule has 2 fully saturated rings. The number of rotatable bonds is 4. The highest BCUT2D eigenvalue weighted by Crippen LogP contribution is 2.67. The van der Waals surface area contributed by atoms with Crippen molar-refractivity contribution in [3.63, 3.8) is 0 Å². The van der Waals surface area contributed by atoms with Crippen molar-refractivity contribution in [1.29, 1.82) is 0 Å². The number of ether oxygens (including phenoxy) is 1. The fraction of sp³-hybridized carbons (Fsp3) is 0.500. The first-order valence-corrected chi connectivity index (χ1v) is 15.3. The van der Waals surface area contributed by atoms with Crippen molar-refractivity contribution in [2.45, 2.75) is 57.0 Å². The highest BCUT2D eigenvalue weighted by atomic mass is 79.9. The van der Waals surface area contributed by atoms with E-state index in [4.69, 9.17) is 9.48 Å². The SMILES string of the molecule is CN1/C(=C/P(=Nc2ccccc2Br)(C2CCCCC2)N2CCOCC2)C(C)(C)c2ccccc21. The zero-order valence-electron chi connectivity index (χ0n) is 20.7. The van der Waals surface area contributed by atoms with Gasteiger partial charge in [-0.3, -0.25) is 4.67 Å². The summed E-state index contributed by atoms with van der Waals surface area (Å²) in [6.07, 6.45) is 6.50. The van der Waals surface area contributed by atoms with Crippen molar-refractivity contribution in [2.24, 2.45) is 4.74 Å². The van der Waals surface area contributed by atoms with Crippen molar-refractivity contribution in [3.05, 3.63) is 70.1 Å². The van der Waals surface area contributed by atoms with Gasteiger partial charge >= 0.3 is 0 Å². The van der Waals surface area contributed by atoms with Gasteiger partial charge in [-0.15, -0.1) is 0 Å². The van der Waals surface area contributed by atoms with Gasteiger partial charge < -0.3 is 9.64 Å². The first-order valence-electron chi connectivity index (χ1n) is 12.7. The van der Waals surface area contributed by atoms with Crippen LogP contribution < -0.4 is 4.90 Å². The van der Waals surface area contributed by atoms with Crippen molar-refractivity contribution in [2.75, 3.05) is 38.3 Å². The summed E-state index contributed by atoms with van der Waals surface area (Å²) in [6, 6.07) is 17.4. The molecule has 4 nitrogen and oxygen atoms in total. The summed E-state index contributed by atoms with van der Waals surface area (Å²) in [5, 5.41) is 0. The third-order valence-corrected chi connectivity index (χ3v) is 12.7. The van der Waals surface area contributed by atoms with Gasteiger partial charge in [-0.1, -0.05) is 63.4 Å². The Hall–Kier alpha value is -1.39. The molecule has 0 N–H and O–H groups in total. The number of anilines is 1. The molecule has 1 atom stereocenters. The van der Waals surface area contributed by atoms with E-state index in [0.29, 0.717) is 5.66 Å². The molecule has 0 radical (unpaired) electrons. The average Bonchev–Trinajstić information content (AvgIpc) is 3.06. The fourth-order valence-electron chi connectivity index (χ4n) is 6.04. The molecule has 0 aromatic heterocycles. The molecule has 0 amide bonds. The Morgan fingerprint density at radius 2 is 1.68 bits per heavy atom. The predicted octanol–water partition coefficient (Wildman–Crippen LogP) is 8.13. The zero-order valence-corrected chi connectivity index (χ0v) is 23.2. The molecule has 2 heterocycles. The van der Waals surface area contributed by atoms with Gasteiger partial charge in [0.25, 0.3) is 0 Å². The number of morpholine rings is 1. The molecule has 2 aromatic rings. The molecule has 3 aliphatic rings. The molecule has 6 heteroatoms. The molecule has 0 bridgehead atoms. The number of likely N-dealkylation sites (N-methyl/N-ethyl adjacent to an activating group) is 1. The lowest BCUT2D eigenvalue weighted by atomic mass is 9.84. The third kappa shape index (κ3) is 4.34. The molecule has 1 unspecified atom stereocenters. The number of fused-ring (bicyclic) bond motifs is 1. The second-order valence-electron chi connectivity index (χ2n) is 10.3. The van der Waals surface area contributed by atoms with E-state index in [1.54, 1.807) is 0 Å². The van der Waals surface area contributed by atoms with E-state index in [2.05, 4.69) is 101 Å². The van der Waals surface area contributed by atoms with Gasteiger partial charge in [-0.05, 0) is 58.4 Å². The molecule has 2 aliphatic heterocycles. The summed E-state index contributed by atoms with van der Waals surface area (Å²) < 4.78 is 15.4. The number of nitrogens with zero attached hydrogens (tertiary/aromatic N) is 3. The largest absolute Gasteiger partial charge is 0.379 e. The first kappa shape index (κ1) is 24.3. The minimum Gasteiger partial charge on any atom is -0.379 e. The van der Waals surface area contributed by atoms with Crippen LogP contribution in [0.2, 0.25) is 0 Å². The second kappa shape index (κ2) is 9.93. The van der Waals surface area contributed by atoms with Crippen LogP contribution in [-0.4, -0.2) is 43.7 Å². The maximum absolute atomic E-state index is 5.83. The normalized spacial score (nSPS) is 24.1. The Bertz CT molecular complexity index is 1090. The lowest BCUT2D eigenvalue weighted by Crippen LogP contribution is -2.37. The van der Waals surface area contributed by atoms with E-state index in [1.807, 2.05) is 0 Å². The van der Waals surface area contributed by atoms with Crippen LogP contribution in [-0.2, 0) is 10.2 Å². The average molecular weight is 543 g/mol. The monoisotopic (exact) mass is 541 g/mol. The lowest BCUT2D eigenvalue weighted by Gasteiger charge is -2.44. The number of hydrogen-bond acceptors (Lipinski definition) is 3. The highest BCUT2D eigenvalue weighted by molar-refractivity contribution is 9.10. The van der Waals surface area contributed by atoms with E-state index >= 15 is 0 Å². The Morgan fingerprint density at radius 1 is 1.00 bits per heavy atom. The molecule has 0 spiro atoms. The molecule has 5 rings (SSSR count). The summed E-state index contributed by atoms with van der Waals surface area (Å²) in [5.41, 5.74) is 5.75. The molecule has 1 aliphatic carbocycles. The number of hydrogen-bond donors (Lipinski definition) is 0. The summed E-state index contributed by atoms with van der Waals surface area (Å²) in [5.74, 6) is 2.66. The fourth-order valence-corrected chi connectivity index (χ4v) is 11.0. The van der Waals surface area contributed by atoms with Crippen LogP contribution in [0.15, 0.2) is 69.3 Å². The lowest BCUT2D eigenvalue weighted by molar-refractivity contribution is 0.0738. The van der Waals surface area contributed by atoms with Gasteiger partial charge in [-0.25, -0.2) is 4.74 Å². The van der Waals surface area contributed by atoms with Crippen LogP contribution in [0.5, 0.6) is 0 Å². The van der Waals surface area contributed by atoms with Gasteiger partial charge in [0, 0.05) is 47.1 Å². The molecule has 1 saturated heterocycles. The van der Waals surface area contributed by atoms with Crippen molar-refractivity contribution < 1.29 is 4.74 Å². The van der Waals surface area contributed by atoms with Crippen molar-refractivity contribution in [1.82, 2.24) is 4.67 Å². The van der Waals surface area contributed by atoms with Gasteiger partial charge in [0.2, 0.25) is 0 Å². The van der Waals surface area contributed by atoms with Crippen LogP contribution >= 0.6 is 23.1 Å². The molecule has 1 saturated carbocycles. The quantitative estimate of drug-likeness (QED) is 0.365. The number of halogens is 1. The summed E-state index contributed by atoms with van der Waals surface area (Å²) in [4.78, 5) is 2.43. The second-order valence-corrected chi connectivity index (χ2v) is 14.3. The van der Waals surface area contributed by atoms with E-state index in [1.165, 1.54) is 49.1 Å². The first-order chi connectivity index (χ1) is 16.4. The van der Waals surface area contributed by atoms with E-state index in [9.17, 15) is 0 Å². The van der Waals surface area contributed by atoms with Crippen LogP contribution in [0.4, 0.5) is 11.4 Å². The zero-order chi connectivity index (χ0) is 23.8. The van der Waals surface area contributed by atoms with Crippen molar-refractivity contribution >= 4 is 34.5 Å². The minimum absolute atomic E-state index is 0.0546. The highest BCUT2D eigenvalue weighted by Gasteiger charge is 2.43. The van der Waals surface area contributed by atoms with E-state index < -0.39 is 7.21 Å². The van der Waals surface area contributed by atoms with Crippen LogP contribution in [0, 0.1) is 0 Å². The van der Waals surface area contributed by atoms with Crippen LogP contribution in [0.25, 0.3) is 0 Å². The summed E-state index contributed by atoms with van der Waals surface area (Å²) in [6.45, 7) is 8.27. The number of allylic oxidation sites excluding steroid dienone is 1. The van der Waals surface area contributed by atoms with Gasteiger partial charge in [0.1, 0.15) is 0 Å². The van der Waals surface area contributed by atoms with Crippen LogP contribution in [0.1, 0.15) is 51.5 Å². The number of para-hydroxylation sites is 1. The van der Waals surface area contributed by atoms with Crippen LogP contribution in [0.3, 0.4) is 0 Å². The summed E-state index contributed by atoms with van der Waals surface area (Å²) >= 11 is 3.82. The van der Waals surface area contributed by atoms with E-state index in [0.717, 1.165) is 36.5 Å². The topological polar surface area (TPSA) is 28.1 Å². The molecular weight excluding hydrogens is 505 g/mol. The Balaban J connectivity index is 1.76. The maximum Gasteiger partial charge on any atom is 0.0774 e. The Labute approximate surface area is 213 Å². The Kier molecular flexibility index (Phi) is 7.10. The van der Waals surface area contributed by atoms with Gasteiger partial charge in [0.05, 0.1) is 26.1 Å². The number of benzene rings is 2. The minimum atomic E-state index is -2.05. The van der Waals surface area contributed by atoms with Gasteiger partial charge in [-0.2, -0.15) is 0 Å². The van der Waals surface area contributed by atoms with Gasteiger partial charge in [0.15, 0.2) is 0 Å². The maximum atomic E-state index is 5.83. The smallest absolute Gasteiger partial charge is 0.0774 e. The van der Waals surface area contributed by atoms with E-state index in [-0.39, 0.29) is 5.41 Å². The molecular formula is C28H37BrN3OP. The Morgan fingerprint density at radius 3 is 2.38 bits per heavy atom. The molecule has 34 heavy (non-hydrogen) atoms. The molecule has 182 valence electrons.